The first-order chi connectivity index (χ1) is 12.4. The first-order valence-corrected chi connectivity index (χ1v) is 8.68. The molecule has 0 saturated carbocycles. The van der Waals surface area contributed by atoms with Gasteiger partial charge in [0.15, 0.2) is 6.29 Å². The number of aliphatic hydroxyl groups excluding tert-OH is 3. The van der Waals surface area contributed by atoms with Crippen LogP contribution < -0.4 is 5.32 Å². The van der Waals surface area contributed by atoms with Gasteiger partial charge in [-0.1, -0.05) is 30.3 Å². The normalized spacial score (nSPS) is 30.5. The molecule has 1 aliphatic rings. The fourth-order valence-electron chi connectivity index (χ4n) is 2.29. The number of carbonyl (C=O) groups excluding carboxylic acids is 1. The Hall–Kier alpha value is -1.19. The van der Waals surface area contributed by atoms with Gasteiger partial charge in [-0.2, -0.15) is 0 Å². The van der Waals surface area contributed by atoms with E-state index in [9.17, 15) is 15.0 Å². The molecule has 26 heavy (non-hydrogen) atoms. The first-order valence-electron chi connectivity index (χ1n) is 7.77. The summed E-state index contributed by atoms with van der Waals surface area (Å²) in [5, 5.41) is 32.1. The van der Waals surface area contributed by atoms with Crippen molar-refractivity contribution < 1.29 is 29.6 Å². The summed E-state index contributed by atoms with van der Waals surface area (Å²) in [6.45, 7) is 3.13. The van der Waals surface area contributed by atoms with E-state index in [1.165, 1.54) is 25.3 Å². The molecule has 0 spiro atoms. The second-order valence-corrected chi connectivity index (χ2v) is 6.15. The number of hydrogen-bond acceptors (Lipinski definition) is 6. The minimum Gasteiger partial charge on any atom is -0.394 e. The molecule has 1 fully saturated rings. The average Bonchev–Trinajstić information content (AvgIpc) is 2.63. The van der Waals surface area contributed by atoms with Crippen molar-refractivity contribution in [2.45, 2.75) is 30.6 Å². The van der Waals surface area contributed by atoms with E-state index >= 15 is 0 Å². The smallest absolute Gasteiger partial charge is 0.244 e. The predicted molar refractivity (Wildman–Crippen MR) is 98.8 cm³/mol. The van der Waals surface area contributed by atoms with Crippen LogP contribution in [0.3, 0.4) is 0 Å². The number of carbonyl (C=O) groups is 1. The number of alkyl halides is 1. The Kier molecular flexibility index (Phi) is 10.1. The fraction of sp³-hybridized carbons (Fsp3) is 0.471. The van der Waals surface area contributed by atoms with Crippen LogP contribution in [0.5, 0.6) is 0 Å². The van der Waals surface area contributed by atoms with E-state index in [4.69, 9.17) is 37.8 Å². The molecule has 0 bridgehead atoms. The SMILES string of the molecule is C=CC(C=CC(=O)NC1C(OC)OC(CO)C(O)C1O)=CC(Cl)=CCCl. The van der Waals surface area contributed by atoms with Crippen LogP contribution in [0, 0.1) is 0 Å². The Morgan fingerprint density at radius 1 is 1.35 bits per heavy atom. The van der Waals surface area contributed by atoms with Gasteiger partial charge in [0, 0.05) is 24.1 Å². The molecule has 0 aromatic rings. The lowest BCUT2D eigenvalue weighted by molar-refractivity contribution is -0.262. The van der Waals surface area contributed by atoms with E-state index in [0.29, 0.717) is 10.6 Å². The Labute approximate surface area is 162 Å². The second kappa shape index (κ2) is 11.5. The summed E-state index contributed by atoms with van der Waals surface area (Å²) >= 11 is 11.5. The summed E-state index contributed by atoms with van der Waals surface area (Å²) in [5.74, 6) is -0.307. The molecule has 0 radical (unpaired) electrons. The number of hydrogen-bond donors (Lipinski definition) is 4. The first kappa shape index (κ1) is 22.9. The molecule has 0 aliphatic carbocycles. The number of ether oxygens (including phenoxy) is 2. The van der Waals surface area contributed by atoms with E-state index in [1.807, 2.05) is 0 Å². The molecular weight excluding hydrogens is 385 g/mol. The van der Waals surface area contributed by atoms with Gasteiger partial charge in [0.2, 0.25) is 5.91 Å². The Bertz CT molecular complexity index is 576. The third-order valence-electron chi connectivity index (χ3n) is 3.66. The summed E-state index contributed by atoms with van der Waals surface area (Å²) in [4.78, 5) is 12.1. The van der Waals surface area contributed by atoms with Gasteiger partial charge in [0.25, 0.3) is 0 Å². The van der Waals surface area contributed by atoms with Crippen LogP contribution in [-0.2, 0) is 14.3 Å². The zero-order valence-corrected chi connectivity index (χ0v) is 15.7. The highest BCUT2D eigenvalue weighted by molar-refractivity contribution is 6.32. The number of aliphatic hydroxyl groups is 3. The largest absolute Gasteiger partial charge is 0.394 e. The van der Waals surface area contributed by atoms with Gasteiger partial charge >= 0.3 is 0 Å². The van der Waals surface area contributed by atoms with Gasteiger partial charge in [-0.05, 0) is 17.7 Å². The van der Waals surface area contributed by atoms with Crippen molar-refractivity contribution >= 4 is 29.1 Å². The molecule has 9 heteroatoms. The van der Waals surface area contributed by atoms with Crippen molar-refractivity contribution in [3.05, 3.63) is 47.6 Å². The highest BCUT2D eigenvalue weighted by atomic mass is 35.5. The van der Waals surface area contributed by atoms with E-state index in [0.717, 1.165) is 0 Å². The van der Waals surface area contributed by atoms with Crippen LogP contribution in [0.15, 0.2) is 47.6 Å². The number of amides is 1. The molecule has 1 aliphatic heterocycles. The second-order valence-electron chi connectivity index (χ2n) is 5.40. The van der Waals surface area contributed by atoms with Crippen molar-refractivity contribution in [2.75, 3.05) is 19.6 Å². The van der Waals surface area contributed by atoms with Crippen LogP contribution >= 0.6 is 23.2 Å². The minimum atomic E-state index is -1.38. The number of rotatable bonds is 8. The maximum atomic E-state index is 12.1. The summed E-state index contributed by atoms with van der Waals surface area (Å²) in [6, 6.07) is -1.02. The Balaban J connectivity index is 2.81. The van der Waals surface area contributed by atoms with Crippen LogP contribution in [-0.4, -0.2) is 71.5 Å². The third-order valence-corrected chi connectivity index (χ3v) is 4.08. The number of nitrogens with one attached hydrogen (secondary N) is 1. The molecule has 146 valence electrons. The third kappa shape index (κ3) is 6.51. The van der Waals surface area contributed by atoms with Gasteiger partial charge in [-0.3, -0.25) is 4.79 Å². The Morgan fingerprint density at radius 3 is 2.58 bits per heavy atom. The highest BCUT2D eigenvalue weighted by Gasteiger charge is 2.44. The molecule has 4 N–H and O–H groups in total. The van der Waals surface area contributed by atoms with Gasteiger partial charge in [-0.25, -0.2) is 0 Å². The fourth-order valence-corrected chi connectivity index (χ4v) is 2.74. The molecule has 7 nitrogen and oxygen atoms in total. The molecule has 0 aromatic carbocycles. The summed E-state index contributed by atoms with van der Waals surface area (Å²) in [5.41, 5.74) is 0.565. The van der Waals surface area contributed by atoms with E-state index in [-0.39, 0.29) is 5.88 Å². The zero-order chi connectivity index (χ0) is 19.7. The van der Waals surface area contributed by atoms with Crippen LogP contribution in [0.25, 0.3) is 0 Å². The molecule has 1 saturated heterocycles. The monoisotopic (exact) mass is 407 g/mol. The lowest BCUT2D eigenvalue weighted by atomic mass is 9.97. The van der Waals surface area contributed by atoms with E-state index < -0.39 is 43.2 Å². The summed E-state index contributed by atoms with van der Waals surface area (Å²) < 4.78 is 10.4. The van der Waals surface area contributed by atoms with Crippen molar-refractivity contribution in [1.29, 1.82) is 0 Å². The van der Waals surface area contributed by atoms with Crippen LogP contribution in [0.2, 0.25) is 0 Å². The molecule has 0 aromatic heterocycles. The van der Waals surface area contributed by atoms with Crippen molar-refractivity contribution in [2.24, 2.45) is 0 Å². The molecule has 1 heterocycles. The standard InChI is InChI=1S/C17H23Cl2NO6/c1-3-10(8-11(19)6-7-18)4-5-13(22)20-14-16(24)15(23)12(9-21)26-17(14)25-2/h3-6,8,12,14-17,21,23-24H,1,7,9H2,2H3,(H,20,22). The Morgan fingerprint density at radius 2 is 2.04 bits per heavy atom. The predicted octanol–water partition coefficient (Wildman–Crippen LogP) is 0.587. The van der Waals surface area contributed by atoms with E-state index in [1.54, 1.807) is 12.2 Å². The molecule has 1 rings (SSSR count). The topological polar surface area (TPSA) is 108 Å². The summed E-state index contributed by atoms with van der Waals surface area (Å²) in [6.07, 6.45) is 2.55. The van der Waals surface area contributed by atoms with E-state index in [2.05, 4.69) is 11.9 Å². The van der Waals surface area contributed by atoms with Gasteiger partial charge in [0.1, 0.15) is 24.4 Å². The molecule has 1 amide bonds. The van der Waals surface area contributed by atoms with Crippen LogP contribution in [0.4, 0.5) is 0 Å². The quantitative estimate of drug-likeness (QED) is 0.266. The summed E-state index contributed by atoms with van der Waals surface area (Å²) in [7, 11) is 1.32. The number of allylic oxidation sites excluding steroid dienone is 6. The lowest BCUT2D eigenvalue weighted by Gasteiger charge is -2.41. The van der Waals surface area contributed by atoms with Crippen molar-refractivity contribution in [3.63, 3.8) is 0 Å². The van der Waals surface area contributed by atoms with Crippen molar-refractivity contribution in [1.82, 2.24) is 5.32 Å². The molecule has 5 unspecified atom stereocenters. The van der Waals surface area contributed by atoms with Crippen molar-refractivity contribution in [3.8, 4) is 0 Å². The number of halogens is 2. The lowest BCUT2D eigenvalue weighted by Crippen LogP contribution is -2.64. The minimum absolute atomic E-state index is 0.249. The van der Waals surface area contributed by atoms with Crippen LogP contribution in [0.1, 0.15) is 0 Å². The average molecular weight is 408 g/mol. The maximum absolute atomic E-state index is 12.1. The van der Waals surface area contributed by atoms with Gasteiger partial charge in [0.05, 0.1) is 6.61 Å². The zero-order valence-electron chi connectivity index (χ0n) is 14.2. The van der Waals surface area contributed by atoms with Gasteiger partial charge < -0.3 is 30.1 Å². The maximum Gasteiger partial charge on any atom is 0.244 e. The van der Waals surface area contributed by atoms with Gasteiger partial charge in [-0.15, -0.1) is 11.6 Å². The molecular formula is C17H23Cl2NO6. The highest BCUT2D eigenvalue weighted by Crippen LogP contribution is 2.21. The number of methoxy groups -OCH3 is 1. The molecule has 5 atom stereocenters.